The number of hydrogen-bond donors (Lipinski definition) is 2. The van der Waals surface area contributed by atoms with Crippen LogP contribution >= 0.6 is 24.0 Å². The van der Waals surface area contributed by atoms with Gasteiger partial charge in [-0.15, -0.1) is 24.0 Å². The van der Waals surface area contributed by atoms with Crippen LogP contribution in [0.15, 0.2) is 23.3 Å². The Hall–Kier alpha value is -1.05. The maximum absolute atomic E-state index is 5.99. The van der Waals surface area contributed by atoms with Crippen molar-refractivity contribution in [2.45, 2.75) is 38.3 Å². The first kappa shape index (κ1) is 17.0. The summed E-state index contributed by atoms with van der Waals surface area (Å²) in [6, 6.07) is 3.97. The molecule has 1 fully saturated rings. The SMILES string of the molecule is CN=C(NC)NCc1cccnc1OC1CCCC1.I. The average Bonchev–Trinajstić information content (AvgIpc) is 2.94. The summed E-state index contributed by atoms with van der Waals surface area (Å²) in [5.74, 6) is 1.50. The van der Waals surface area contributed by atoms with Crippen LogP contribution in [0.3, 0.4) is 0 Å². The Balaban J connectivity index is 0.00000200. The Labute approximate surface area is 137 Å². The Morgan fingerprint density at radius 2 is 2.20 bits per heavy atom. The number of hydrogen-bond acceptors (Lipinski definition) is 3. The van der Waals surface area contributed by atoms with Crippen LogP contribution in [0, 0.1) is 0 Å². The van der Waals surface area contributed by atoms with Gasteiger partial charge in [0.2, 0.25) is 5.88 Å². The van der Waals surface area contributed by atoms with Crippen molar-refractivity contribution in [1.29, 1.82) is 0 Å². The van der Waals surface area contributed by atoms with E-state index in [4.69, 9.17) is 4.74 Å². The summed E-state index contributed by atoms with van der Waals surface area (Å²) in [6.07, 6.45) is 6.91. The molecule has 1 aliphatic carbocycles. The summed E-state index contributed by atoms with van der Waals surface area (Å²) in [7, 11) is 3.59. The molecule has 0 spiro atoms. The fourth-order valence-electron chi connectivity index (χ4n) is 2.29. The molecule has 1 aromatic rings. The van der Waals surface area contributed by atoms with Crippen molar-refractivity contribution in [1.82, 2.24) is 15.6 Å². The summed E-state index contributed by atoms with van der Waals surface area (Å²) in [5.41, 5.74) is 1.06. The molecule has 0 amide bonds. The number of nitrogens with zero attached hydrogens (tertiary/aromatic N) is 2. The third kappa shape index (κ3) is 4.81. The summed E-state index contributed by atoms with van der Waals surface area (Å²) < 4.78 is 5.99. The first-order valence-electron chi connectivity index (χ1n) is 6.82. The zero-order chi connectivity index (χ0) is 13.5. The van der Waals surface area contributed by atoms with E-state index >= 15 is 0 Å². The molecule has 2 N–H and O–H groups in total. The van der Waals surface area contributed by atoms with Gasteiger partial charge in [-0.05, 0) is 31.7 Å². The van der Waals surface area contributed by atoms with Crippen LogP contribution in [0.1, 0.15) is 31.2 Å². The van der Waals surface area contributed by atoms with Crippen molar-refractivity contribution in [3.05, 3.63) is 23.9 Å². The van der Waals surface area contributed by atoms with Gasteiger partial charge in [-0.2, -0.15) is 0 Å². The molecule has 1 saturated carbocycles. The third-order valence-electron chi connectivity index (χ3n) is 3.34. The summed E-state index contributed by atoms with van der Waals surface area (Å²) in [5, 5.41) is 6.21. The number of ether oxygens (including phenoxy) is 1. The molecule has 6 heteroatoms. The standard InChI is InChI=1S/C14H22N4O.HI/c1-15-14(16-2)18-10-11-6-5-9-17-13(11)19-12-7-3-4-8-12;/h5-6,9,12H,3-4,7-8,10H2,1-2H3,(H2,15,16,18);1H. The average molecular weight is 390 g/mol. The number of guanidine groups is 1. The molecule has 1 aromatic heterocycles. The summed E-state index contributed by atoms with van der Waals surface area (Å²) in [4.78, 5) is 8.44. The number of aromatic nitrogens is 1. The highest BCUT2D eigenvalue weighted by Gasteiger charge is 2.18. The van der Waals surface area contributed by atoms with E-state index in [-0.39, 0.29) is 24.0 Å². The quantitative estimate of drug-likeness (QED) is 0.471. The van der Waals surface area contributed by atoms with Crippen LogP contribution in [0.4, 0.5) is 0 Å². The van der Waals surface area contributed by atoms with Gasteiger partial charge in [0, 0.05) is 32.4 Å². The van der Waals surface area contributed by atoms with Crippen molar-refractivity contribution in [3.63, 3.8) is 0 Å². The van der Waals surface area contributed by atoms with Gasteiger partial charge < -0.3 is 15.4 Å². The predicted octanol–water partition coefficient (Wildman–Crippen LogP) is 2.32. The molecule has 5 nitrogen and oxygen atoms in total. The lowest BCUT2D eigenvalue weighted by molar-refractivity contribution is 0.199. The van der Waals surface area contributed by atoms with Crippen molar-refractivity contribution < 1.29 is 4.74 Å². The van der Waals surface area contributed by atoms with E-state index in [1.807, 2.05) is 19.2 Å². The molecule has 0 saturated heterocycles. The predicted molar refractivity (Wildman–Crippen MR) is 91.8 cm³/mol. The van der Waals surface area contributed by atoms with Gasteiger partial charge in [-0.25, -0.2) is 4.98 Å². The molecule has 0 unspecified atom stereocenters. The lowest BCUT2D eigenvalue weighted by Crippen LogP contribution is -2.34. The fourth-order valence-corrected chi connectivity index (χ4v) is 2.29. The molecule has 20 heavy (non-hydrogen) atoms. The smallest absolute Gasteiger partial charge is 0.218 e. The minimum atomic E-state index is 0. The van der Waals surface area contributed by atoms with Crippen molar-refractivity contribution in [2.24, 2.45) is 4.99 Å². The van der Waals surface area contributed by atoms with Crippen molar-refractivity contribution >= 4 is 29.9 Å². The van der Waals surface area contributed by atoms with E-state index in [0.29, 0.717) is 12.6 Å². The van der Waals surface area contributed by atoms with E-state index < -0.39 is 0 Å². The maximum atomic E-state index is 5.99. The van der Waals surface area contributed by atoms with Crippen LogP contribution in [0.2, 0.25) is 0 Å². The lowest BCUT2D eigenvalue weighted by atomic mass is 10.2. The second-order valence-electron chi connectivity index (χ2n) is 4.67. The normalized spacial score (nSPS) is 15.6. The fraction of sp³-hybridized carbons (Fsp3) is 0.571. The number of halogens is 1. The Morgan fingerprint density at radius 3 is 2.85 bits per heavy atom. The summed E-state index contributed by atoms with van der Waals surface area (Å²) >= 11 is 0. The molecule has 0 bridgehead atoms. The van der Waals surface area contributed by atoms with Crippen molar-refractivity contribution in [2.75, 3.05) is 14.1 Å². The molecule has 0 atom stereocenters. The van der Waals surface area contributed by atoms with Crippen molar-refractivity contribution in [3.8, 4) is 5.88 Å². The van der Waals surface area contributed by atoms with Crippen LogP contribution < -0.4 is 15.4 Å². The second-order valence-corrected chi connectivity index (χ2v) is 4.67. The maximum Gasteiger partial charge on any atom is 0.218 e. The van der Waals surface area contributed by atoms with Gasteiger partial charge in [-0.1, -0.05) is 6.07 Å². The first-order chi connectivity index (χ1) is 9.33. The van der Waals surface area contributed by atoms with Crippen LogP contribution in [-0.2, 0) is 6.54 Å². The van der Waals surface area contributed by atoms with Gasteiger partial charge in [0.15, 0.2) is 5.96 Å². The molecule has 0 radical (unpaired) electrons. The van der Waals surface area contributed by atoms with E-state index in [1.54, 1.807) is 13.2 Å². The van der Waals surface area contributed by atoms with Gasteiger partial charge in [0.25, 0.3) is 0 Å². The zero-order valence-corrected chi connectivity index (χ0v) is 14.4. The number of nitrogens with one attached hydrogen (secondary N) is 2. The largest absolute Gasteiger partial charge is 0.474 e. The third-order valence-corrected chi connectivity index (χ3v) is 3.34. The topological polar surface area (TPSA) is 58.5 Å². The van der Waals surface area contributed by atoms with Gasteiger partial charge in [-0.3, -0.25) is 4.99 Å². The molecule has 0 aliphatic heterocycles. The molecule has 2 rings (SSSR count). The minimum absolute atomic E-state index is 0. The lowest BCUT2D eigenvalue weighted by Gasteiger charge is -2.16. The van der Waals surface area contributed by atoms with Crippen LogP contribution in [0.5, 0.6) is 5.88 Å². The number of aliphatic imine (C=N–C) groups is 1. The highest BCUT2D eigenvalue weighted by atomic mass is 127. The highest BCUT2D eigenvalue weighted by molar-refractivity contribution is 14.0. The molecule has 1 aliphatic rings. The minimum Gasteiger partial charge on any atom is -0.474 e. The van der Waals surface area contributed by atoms with Gasteiger partial charge in [0.1, 0.15) is 6.10 Å². The molecule has 0 aromatic carbocycles. The van der Waals surface area contributed by atoms with Gasteiger partial charge in [0.05, 0.1) is 0 Å². The second kappa shape index (κ2) is 8.99. The molecular formula is C14H23IN4O. The van der Waals surface area contributed by atoms with Crippen LogP contribution in [-0.4, -0.2) is 31.1 Å². The summed E-state index contributed by atoms with van der Waals surface area (Å²) in [6.45, 7) is 0.656. The Morgan fingerprint density at radius 1 is 1.45 bits per heavy atom. The van der Waals surface area contributed by atoms with E-state index in [9.17, 15) is 0 Å². The van der Waals surface area contributed by atoms with E-state index in [2.05, 4.69) is 20.6 Å². The van der Waals surface area contributed by atoms with E-state index in [0.717, 1.165) is 30.2 Å². The molecule has 112 valence electrons. The van der Waals surface area contributed by atoms with Gasteiger partial charge >= 0.3 is 0 Å². The Bertz CT molecular complexity index is 433. The Kier molecular flexibility index (Phi) is 7.64. The van der Waals surface area contributed by atoms with E-state index in [1.165, 1.54) is 12.8 Å². The number of pyridine rings is 1. The zero-order valence-electron chi connectivity index (χ0n) is 12.1. The van der Waals surface area contributed by atoms with Crippen LogP contribution in [0.25, 0.3) is 0 Å². The highest BCUT2D eigenvalue weighted by Crippen LogP contribution is 2.24. The number of rotatable bonds is 4. The molecule has 1 heterocycles. The monoisotopic (exact) mass is 390 g/mol. The molecular weight excluding hydrogens is 367 g/mol. The first-order valence-corrected chi connectivity index (χ1v) is 6.82.